The number of carbonyl (C=O) groups is 1. The topological polar surface area (TPSA) is 26.3 Å². The molecule has 0 saturated heterocycles. The molecule has 0 radical (unpaired) electrons. The van der Waals surface area contributed by atoms with Crippen molar-refractivity contribution in [3.8, 4) is 0 Å². The molecule has 0 fully saturated rings. The lowest BCUT2D eigenvalue weighted by Crippen LogP contribution is -2.18. The van der Waals surface area contributed by atoms with Crippen LogP contribution >= 0.6 is 31.9 Å². The number of halogens is 2. The summed E-state index contributed by atoms with van der Waals surface area (Å²) in [6.45, 7) is 4.07. The lowest BCUT2D eigenvalue weighted by Gasteiger charge is -2.09. The Morgan fingerprint density at radius 2 is 2.09 bits per heavy atom. The third-order valence-electron chi connectivity index (χ3n) is 1.05. The van der Waals surface area contributed by atoms with Gasteiger partial charge in [0.05, 0.1) is 10.7 Å². The predicted octanol–water partition coefficient (Wildman–Crippen LogP) is 2.34. The molecule has 0 spiro atoms. The summed E-state index contributed by atoms with van der Waals surface area (Å²) in [4.78, 5) is 11.1. The van der Waals surface area contributed by atoms with E-state index in [1.54, 1.807) is 0 Å². The molecule has 0 unspecified atom stereocenters. The Hall–Kier alpha value is 0.430. The maximum Gasteiger partial charge on any atom is 0.308 e. The number of alkyl halides is 2. The highest BCUT2D eigenvalue weighted by Gasteiger charge is 2.10. The molecule has 0 amide bonds. The fourth-order valence-electron chi connectivity index (χ4n) is 0.384. The highest BCUT2D eigenvalue weighted by Crippen LogP contribution is 2.05. The van der Waals surface area contributed by atoms with Crippen molar-refractivity contribution in [3.05, 3.63) is 0 Å². The molecule has 1 atom stereocenters. The molecule has 0 aliphatic rings. The van der Waals surface area contributed by atoms with E-state index in [0.717, 1.165) is 5.33 Å². The fourth-order valence-corrected chi connectivity index (χ4v) is 0.703. The van der Waals surface area contributed by atoms with Crippen LogP contribution < -0.4 is 0 Å². The number of hydrogen-bond acceptors (Lipinski definition) is 2. The van der Waals surface area contributed by atoms with E-state index < -0.39 is 0 Å². The summed E-state index contributed by atoms with van der Waals surface area (Å²) >= 11 is 6.59. The van der Waals surface area contributed by atoms with E-state index in [0.29, 0.717) is 6.61 Å². The first-order valence-corrected chi connectivity index (χ1v) is 5.48. The second-order valence-corrected chi connectivity index (χ2v) is 4.48. The summed E-state index contributed by atoms with van der Waals surface area (Å²) in [5, 5.41) is 0.790. The number of carbonyl (C=O) groups excluding carboxylic acids is 1. The standard InChI is InChI=1S/C7H12Br2O2/c1-5(2)7(10)11-4-6(9)3-8/h5-6H,3-4H2,1-2H3/t6-/m1/s1. The molecular weight excluding hydrogens is 276 g/mol. The van der Waals surface area contributed by atoms with Crippen LogP contribution in [0.15, 0.2) is 0 Å². The van der Waals surface area contributed by atoms with Gasteiger partial charge in [-0.3, -0.25) is 4.79 Å². The zero-order valence-electron chi connectivity index (χ0n) is 6.64. The minimum absolute atomic E-state index is 0.0370. The summed E-state index contributed by atoms with van der Waals surface area (Å²) in [5.74, 6) is -0.180. The number of hydrogen-bond donors (Lipinski definition) is 0. The smallest absolute Gasteiger partial charge is 0.308 e. The Morgan fingerprint density at radius 3 is 2.45 bits per heavy atom. The van der Waals surface area contributed by atoms with Crippen molar-refractivity contribution in [1.29, 1.82) is 0 Å². The van der Waals surface area contributed by atoms with Crippen LogP contribution in [0.4, 0.5) is 0 Å². The summed E-state index contributed by atoms with van der Waals surface area (Å²) in [5.41, 5.74) is 0. The van der Waals surface area contributed by atoms with Crippen LogP contribution in [-0.4, -0.2) is 22.7 Å². The van der Waals surface area contributed by atoms with E-state index in [9.17, 15) is 4.79 Å². The van der Waals surface area contributed by atoms with Crippen LogP contribution in [0.2, 0.25) is 0 Å². The fraction of sp³-hybridized carbons (Fsp3) is 0.857. The molecule has 0 N–H and O–H groups in total. The molecule has 2 nitrogen and oxygen atoms in total. The zero-order valence-corrected chi connectivity index (χ0v) is 9.81. The Bertz CT molecular complexity index is 126. The maximum atomic E-state index is 10.9. The van der Waals surface area contributed by atoms with E-state index in [-0.39, 0.29) is 16.7 Å². The molecule has 0 aromatic rings. The molecule has 0 rings (SSSR count). The van der Waals surface area contributed by atoms with Crippen LogP contribution in [-0.2, 0) is 9.53 Å². The summed E-state index contributed by atoms with van der Waals surface area (Å²) < 4.78 is 4.94. The Labute approximate surface area is 83.9 Å². The van der Waals surface area contributed by atoms with Gasteiger partial charge in [0.2, 0.25) is 0 Å². The van der Waals surface area contributed by atoms with Gasteiger partial charge in [0.1, 0.15) is 6.61 Å². The zero-order chi connectivity index (χ0) is 8.85. The Morgan fingerprint density at radius 1 is 1.55 bits per heavy atom. The average Bonchev–Trinajstić information content (AvgIpc) is 1.99. The molecule has 0 aromatic heterocycles. The third kappa shape index (κ3) is 5.67. The van der Waals surface area contributed by atoms with E-state index in [4.69, 9.17) is 4.74 Å². The van der Waals surface area contributed by atoms with E-state index in [1.165, 1.54) is 0 Å². The lowest BCUT2D eigenvalue weighted by atomic mass is 10.2. The van der Waals surface area contributed by atoms with Gasteiger partial charge in [0.15, 0.2) is 0 Å². The van der Waals surface area contributed by atoms with E-state index in [2.05, 4.69) is 31.9 Å². The summed E-state index contributed by atoms with van der Waals surface area (Å²) in [6, 6.07) is 0. The van der Waals surface area contributed by atoms with E-state index >= 15 is 0 Å². The number of rotatable bonds is 4. The summed E-state index contributed by atoms with van der Waals surface area (Å²) in [7, 11) is 0. The van der Waals surface area contributed by atoms with Gasteiger partial charge in [-0.1, -0.05) is 45.7 Å². The van der Waals surface area contributed by atoms with Crippen LogP contribution in [0.3, 0.4) is 0 Å². The van der Waals surface area contributed by atoms with Gasteiger partial charge in [0.25, 0.3) is 0 Å². The van der Waals surface area contributed by atoms with Crippen molar-refractivity contribution in [2.75, 3.05) is 11.9 Å². The molecule has 0 aliphatic heterocycles. The quantitative estimate of drug-likeness (QED) is 0.586. The highest BCUT2D eigenvalue weighted by molar-refractivity contribution is 9.12. The molecule has 0 heterocycles. The van der Waals surface area contributed by atoms with Crippen LogP contribution in [0.1, 0.15) is 13.8 Å². The second kappa shape index (κ2) is 6.00. The monoisotopic (exact) mass is 286 g/mol. The van der Waals surface area contributed by atoms with Crippen LogP contribution in [0, 0.1) is 5.92 Å². The average molecular weight is 288 g/mol. The van der Waals surface area contributed by atoms with Crippen molar-refractivity contribution in [1.82, 2.24) is 0 Å². The molecule has 0 bridgehead atoms. The Kier molecular flexibility index (Phi) is 6.24. The lowest BCUT2D eigenvalue weighted by molar-refractivity contribution is -0.147. The first kappa shape index (κ1) is 11.4. The first-order chi connectivity index (χ1) is 5.07. The van der Waals surface area contributed by atoms with Crippen LogP contribution in [0.5, 0.6) is 0 Å². The van der Waals surface area contributed by atoms with Gasteiger partial charge in [-0.15, -0.1) is 0 Å². The molecule has 11 heavy (non-hydrogen) atoms. The maximum absolute atomic E-state index is 10.9. The van der Waals surface area contributed by atoms with Crippen molar-refractivity contribution < 1.29 is 9.53 Å². The van der Waals surface area contributed by atoms with Gasteiger partial charge in [-0.05, 0) is 0 Å². The van der Waals surface area contributed by atoms with Gasteiger partial charge < -0.3 is 4.74 Å². The molecule has 0 aromatic carbocycles. The number of esters is 1. The molecule has 4 heteroatoms. The Balaban J connectivity index is 3.46. The second-order valence-electron chi connectivity index (χ2n) is 2.54. The minimum Gasteiger partial charge on any atom is -0.464 e. The van der Waals surface area contributed by atoms with Gasteiger partial charge in [-0.2, -0.15) is 0 Å². The predicted molar refractivity (Wildman–Crippen MR) is 52.3 cm³/mol. The minimum atomic E-state index is -0.143. The molecule has 0 saturated carbocycles. The van der Waals surface area contributed by atoms with Crippen molar-refractivity contribution in [2.24, 2.45) is 5.92 Å². The normalized spacial score (nSPS) is 13.2. The SMILES string of the molecule is CC(C)C(=O)OC[C@H](Br)CBr. The molecule has 0 aliphatic carbocycles. The molecular formula is C7H12Br2O2. The van der Waals surface area contributed by atoms with Crippen LogP contribution in [0.25, 0.3) is 0 Å². The highest BCUT2D eigenvalue weighted by atomic mass is 79.9. The van der Waals surface area contributed by atoms with E-state index in [1.807, 2.05) is 13.8 Å². The first-order valence-electron chi connectivity index (χ1n) is 3.44. The summed E-state index contributed by atoms with van der Waals surface area (Å²) in [6.07, 6.45) is 0. The van der Waals surface area contributed by atoms with Gasteiger partial charge >= 0.3 is 5.97 Å². The van der Waals surface area contributed by atoms with Crippen molar-refractivity contribution >= 4 is 37.8 Å². The van der Waals surface area contributed by atoms with Gasteiger partial charge in [0, 0.05) is 5.33 Å². The molecule has 66 valence electrons. The van der Waals surface area contributed by atoms with Crippen molar-refractivity contribution in [2.45, 2.75) is 18.7 Å². The third-order valence-corrected chi connectivity index (χ3v) is 3.28. The van der Waals surface area contributed by atoms with Crippen molar-refractivity contribution in [3.63, 3.8) is 0 Å². The number of ether oxygens (including phenoxy) is 1. The van der Waals surface area contributed by atoms with Gasteiger partial charge in [-0.25, -0.2) is 0 Å². The largest absolute Gasteiger partial charge is 0.464 e.